The van der Waals surface area contributed by atoms with E-state index in [1.165, 1.54) is 0 Å². The van der Waals surface area contributed by atoms with Gasteiger partial charge in [0.05, 0.1) is 27.4 Å². The number of benzene rings is 1. The number of ether oxygens (including phenoxy) is 3. The van der Waals surface area contributed by atoms with Crippen LogP contribution in [0.1, 0.15) is 5.56 Å². The van der Waals surface area contributed by atoms with Crippen LogP contribution in [0.2, 0.25) is 0 Å². The Labute approximate surface area is 102 Å². The molecule has 2 N–H and O–H groups in total. The van der Waals surface area contributed by atoms with Gasteiger partial charge in [0.2, 0.25) is 0 Å². The van der Waals surface area contributed by atoms with E-state index in [9.17, 15) is 0 Å². The van der Waals surface area contributed by atoms with Crippen molar-refractivity contribution in [2.45, 2.75) is 6.42 Å². The molecule has 1 aromatic carbocycles. The zero-order valence-corrected chi connectivity index (χ0v) is 10.4. The van der Waals surface area contributed by atoms with Gasteiger partial charge in [0.15, 0.2) is 0 Å². The molecule has 17 heavy (non-hydrogen) atoms. The second kappa shape index (κ2) is 4.94. The molecule has 0 spiro atoms. The fourth-order valence-corrected chi connectivity index (χ4v) is 2.08. The summed E-state index contributed by atoms with van der Waals surface area (Å²) < 4.78 is 15.8. The highest BCUT2D eigenvalue weighted by Gasteiger charge is 2.37. The fourth-order valence-electron chi connectivity index (χ4n) is 2.08. The predicted molar refractivity (Wildman–Crippen MR) is 65.6 cm³/mol. The first-order chi connectivity index (χ1) is 8.23. The van der Waals surface area contributed by atoms with Gasteiger partial charge in [0.25, 0.3) is 0 Å². The molecule has 0 bridgehead atoms. The Hall–Kier alpha value is -1.26. The van der Waals surface area contributed by atoms with Crippen LogP contribution in [-0.4, -0.2) is 34.0 Å². The fraction of sp³-hybridized carbons (Fsp3) is 0.538. The molecule has 4 nitrogen and oxygen atoms in total. The lowest BCUT2D eigenvalue weighted by Crippen LogP contribution is -2.49. The third kappa shape index (κ3) is 2.37. The van der Waals surface area contributed by atoms with Crippen molar-refractivity contribution in [1.29, 1.82) is 0 Å². The summed E-state index contributed by atoms with van der Waals surface area (Å²) in [6.45, 7) is 2.11. The molecule has 0 aliphatic carbocycles. The Morgan fingerprint density at radius 1 is 1.29 bits per heavy atom. The molecule has 1 aliphatic heterocycles. The van der Waals surface area contributed by atoms with Gasteiger partial charge in [-0.25, -0.2) is 0 Å². The standard InChI is InChI=1S/C13H19NO3/c1-15-11-4-3-10(12(5-11)16-2)6-13(7-14)8-17-9-13/h3-5H,6-9,14H2,1-2H3. The molecule has 0 unspecified atom stereocenters. The Balaban J connectivity index is 2.20. The van der Waals surface area contributed by atoms with Gasteiger partial charge in [-0.05, 0) is 18.1 Å². The molecule has 2 rings (SSSR count). The normalized spacial score (nSPS) is 17.4. The largest absolute Gasteiger partial charge is 0.497 e. The molecule has 1 saturated heterocycles. The van der Waals surface area contributed by atoms with Gasteiger partial charge in [-0.3, -0.25) is 0 Å². The van der Waals surface area contributed by atoms with Gasteiger partial charge < -0.3 is 19.9 Å². The molecule has 4 heteroatoms. The van der Waals surface area contributed by atoms with E-state index in [0.717, 1.165) is 36.7 Å². The van der Waals surface area contributed by atoms with Gasteiger partial charge in [-0.15, -0.1) is 0 Å². The Bertz CT molecular complexity index is 383. The second-order valence-electron chi connectivity index (χ2n) is 4.55. The topological polar surface area (TPSA) is 53.7 Å². The van der Waals surface area contributed by atoms with Crippen LogP contribution in [0.3, 0.4) is 0 Å². The quantitative estimate of drug-likeness (QED) is 0.836. The van der Waals surface area contributed by atoms with Crippen molar-refractivity contribution in [3.63, 3.8) is 0 Å². The molecule has 0 amide bonds. The maximum Gasteiger partial charge on any atom is 0.125 e. The Morgan fingerprint density at radius 3 is 2.53 bits per heavy atom. The first-order valence-corrected chi connectivity index (χ1v) is 5.72. The average Bonchev–Trinajstić information content (AvgIpc) is 2.34. The van der Waals surface area contributed by atoms with Gasteiger partial charge in [0, 0.05) is 18.0 Å². The van der Waals surface area contributed by atoms with Crippen LogP contribution >= 0.6 is 0 Å². The van der Waals surface area contributed by atoms with E-state index in [4.69, 9.17) is 19.9 Å². The zero-order chi connectivity index (χ0) is 12.3. The third-order valence-corrected chi connectivity index (χ3v) is 3.31. The van der Waals surface area contributed by atoms with E-state index in [0.29, 0.717) is 6.54 Å². The molecule has 1 heterocycles. The maximum atomic E-state index is 5.82. The highest BCUT2D eigenvalue weighted by atomic mass is 16.5. The summed E-state index contributed by atoms with van der Waals surface area (Å²) in [5.41, 5.74) is 7.06. The number of nitrogens with two attached hydrogens (primary N) is 1. The Kier molecular flexibility index (Phi) is 3.54. The SMILES string of the molecule is COc1ccc(CC2(CN)COC2)c(OC)c1. The molecule has 1 fully saturated rings. The molecule has 0 atom stereocenters. The molecule has 1 aromatic rings. The number of methoxy groups -OCH3 is 2. The molecular weight excluding hydrogens is 218 g/mol. The zero-order valence-electron chi connectivity index (χ0n) is 10.4. The van der Waals surface area contributed by atoms with Crippen molar-refractivity contribution in [2.75, 3.05) is 34.0 Å². The minimum Gasteiger partial charge on any atom is -0.497 e. The minimum absolute atomic E-state index is 0.0852. The number of hydrogen-bond acceptors (Lipinski definition) is 4. The van der Waals surface area contributed by atoms with E-state index in [-0.39, 0.29) is 5.41 Å². The summed E-state index contributed by atoms with van der Waals surface area (Å²) in [6.07, 6.45) is 0.886. The summed E-state index contributed by atoms with van der Waals surface area (Å²) in [7, 11) is 3.32. The van der Waals surface area contributed by atoms with Gasteiger partial charge >= 0.3 is 0 Å². The smallest absolute Gasteiger partial charge is 0.125 e. The van der Waals surface area contributed by atoms with Crippen molar-refractivity contribution in [1.82, 2.24) is 0 Å². The van der Waals surface area contributed by atoms with E-state index in [1.807, 2.05) is 18.2 Å². The minimum atomic E-state index is 0.0852. The molecular formula is C13H19NO3. The maximum absolute atomic E-state index is 5.82. The summed E-state index contributed by atoms with van der Waals surface area (Å²) in [5.74, 6) is 1.65. The first-order valence-electron chi connectivity index (χ1n) is 5.72. The van der Waals surface area contributed by atoms with E-state index in [1.54, 1.807) is 14.2 Å². The van der Waals surface area contributed by atoms with Gasteiger partial charge in [0.1, 0.15) is 11.5 Å². The molecule has 94 valence electrons. The average molecular weight is 237 g/mol. The first kappa shape index (κ1) is 12.2. The summed E-state index contributed by atoms with van der Waals surface area (Å²) in [5, 5.41) is 0. The number of hydrogen-bond donors (Lipinski definition) is 1. The molecule has 1 aliphatic rings. The second-order valence-corrected chi connectivity index (χ2v) is 4.55. The highest BCUT2D eigenvalue weighted by Crippen LogP contribution is 2.35. The van der Waals surface area contributed by atoms with E-state index < -0.39 is 0 Å². The van der Waals surface area contributed by atoms with Crippen LogP contribution in [0.25, 0.3) is 0 Å². The summed E-state index contributed by atoms with van der Waals surface area (Å²) >= 11 is 0. The molecule has 0 saturated carbocycles. The van der Waals surface area contributed by atoms with Crippen molar-refractivity contribution in [2.24, 2.45) is 11.1 Å². The molecule has 0 aromatic heterocycles. The van der Waals surface area contributed by atoms with Crippen LogP contribution in [0.4, 0.5) is 0 Å². The van der Waals surface area contributed by atoms with Crippen molar-refractivity contribution in [3.05, 3.63) is 23.8 Å². The highest BCUT2D eigenvalue weighted by molar-refractivity contribution is 5.41. The number of rotatable bonds is 5. The lowest BCUT2D eigenvalue weighted by atomic mass is 9.79. The van der Waals surface area contributed by atoms with E-state index >= 15 is 0 Å². The van der Waals surface area contributed by atoms with Crippen molar-refractivity contribution in [3.8, 4) is 11.5 Å². The van der Waals surface area contributed by atoms with Crippen molar-refractivity contribution < 1.29 is 14.2 Å². The monoisotopic (exact) mass is 237 g/mol. The van der Waals surface area contributed by atoms with Crippen LogP contribution in [0.5, 0.6) is 11.5 Å². The van der Waals surface area contributed by atoms with Crippen LogP contribution < -0.4 is 15.2 Å². The summed E-state index contributed by atoms with van der Waals surface area (Å²) in [6, 6.07) is 5.88. The molecule has 0 radical (unpaired) electrons. The predicted octanol–water partition coefficient (Wildman–Crippen LogP) is 1.22. The van der Waals surface area contributed by atoms with Crippen molar-refractivity contribution >= 4 is 0 Å². The lowest BCUT2D eigenvalue weighted by molar-refractivity contribution is -0.106. The van der Waals surface area contributed by atoms with Gasteiger partial charge in [-0.2, -0.15) is 0 Å². The van der Waals surface area contributed by atoms with Crippen LogP contribution in [0.15, 0.2) is 18.2 Å². The lowest BCUT2D eigenvalue weighted by Gasteiger charge is -2.40. The van der Waals surface area contributed by atoms with Gasteiger partial charge in [-0.1, -0.05) is 6.07 Å². The van der Waals surface area contributed by atoms with Crippen LogP contribution in [0, 0.1) is 5.41 Å². The van der Waals surface area contributed by atoms with E-state index in [2.05, 4.69) is 0 Å². The van der Waals surface area contributed by atoms with Crippen LogP contribution in [-0.2, 0) is 11.2 Å². The Morgan fingerprint density at radius 2 is 2.06 bits per heavy atom. The summed E-state index contributed by atoms with van der Waals surface area (Å²) in [4.78, 5) is 0. The third-order valence-electron chi connectivity index (χ3n) is 3.31.